The normalized spacial score (nSPS) is 11.9. The molecular weight excluding hydrogens is 274 g/mol. The number of nitrogens with zero attached hydrogens (tertiary/aromatic N) is 1. The van der Waals surface area contributed by atoms with Crippen molar-refractivity contribution in [2.45, 2.75) is 13.0 Å². The number of benzene rings is 1. The molecule has 1 unspecified atom stereocenters. The Balaban J connectivity index is 2.25. The molecule has 0 aliphatic rings. The number of carbonyl (C=O) groups excluding carboxylic acids is 1. The maximum atomic E-state index is 12.5. The van der Waals surface area contributed by atoms with Crippen LogP contribution in [0.3, 0.4) is 0 Å². The van der Waals surface area contributed by atoms with Crippen molar-refractivity contribution in [3.8, 4) is 11.5 Å². The zero-order valence-electron chi connectivity index (χ0n) is 11.7. The molecule has 0 aliphatic heterocycles. The van der Waals surface area contributed by atoms with Crippen LogP contribution in [0.2, 0.25) is 0 Å². The summed E-state index contributed by atoms with van der Waals surface area (Å²) in [7, 11) is 3.27. The third kappa shape index (κ3) is 2.63. The zero-order chi connectivity index (χ0) is 14.7. The van der Waals surface area contributed by atoms with Crippen LogP contribution in [0, 0.1) is 0 Å². The molecule has 1 N–H and O–H groups in total. The highest BCUT2D eigenvalue weighted by Crippen LogP contribution is 2.31. The van der Waals surface area contributed by atoms with Crippen molar-refractivity contribution in [2.24, 2.45) is 0 Å². The SMILES string of the molecule is COc1ccsc1C(=O)N(C)C(C)c1ccccc1O. The number of methoxy groups -OCH3 is 1. The van der Waals surface area contributed by atoms with Crippen LogP contribution in [0.15, 0.2) is 35.7 Å². The minimum Gasteiger partial charge on any atom is -0.508 e. The van der Waals surface area contributed by atoms with E-state index in [1.165, 1.54) is 11.3 Å². The highest BCUT2D eigenvalue weighted by molar-refractivity contribution is 7.12. The number of hydrogen-bond acceptors (Lipinski definition) is 4. The monoisotopic (exact) mass is 291 g/mol. The summed E-state index contributed by atoms with van der Waals surface area (Å²) in [6, 6.07) is 8.59. The van der Waals surface area contributed by atoms with Gasteiger partial charge < -0.3 is 14.7 Å². The van der Waals surface area contributed by atoms with E-state index in [1.54, 1.807) is 37.3 Å². The van der Waals surface area contributed by atoms with Gasteiger partial charge in [0.1, 0.15) is 16.4 Å². The van der Waals surface area contributed by atoms with Crippen LogP contribution < -0.4 is 4.74 Å². The number of rotatable bonds is 4. The number of hydrogen-bond donors (Lipinski definition) is 1. The number of thiophene rings is 1. The number of amides is 1. The Morgan fingerprint density at radius 3 is 2.70 bits per heavy atom. The van der Waals surface area contributed by atoms with Crippen LogP contribution in [0.4, 0.5) is 0 Å². The van der Waals surface area contributed by atoms with E-state index in [4.69, 9.17) is 4.74 Å². The molecule has 0 saturated heterocycles. The zero-order valence-corrected chi connectivity index (χ0v) is 12.5. The van der Waals surface area contributed by atoms with E-state index in [1.807, 2.05) is 24.4 Å². The number of carbonyl (C=O) groups is 1. The third-order valence-corrected chi connectivity index (χ3v) is 4.22. The molecule has 0 fully saturated rings. The summed E-state index contributed by atoms with van der Waals surface area (Å²) in [6.45, 7) is 1.88. The Labute approximate surface area is 122 Å². The van der Waals surface area contributed by atoms with Crippen molar-refractivity contribution in [3.63, 3.8) is 0 Å². The first kappa shape index (κ1) is 14.4. The van der Waals surface area contributed by atoms with Crippen LogP contribution in [0.1, 0.15) is 28.2 Å². The average molecular weight is 291 g/mol. The van der Waals surface area contributed by atoms with E-state index in [2.05, 4.69) is 0 Å². The van der Waals surface area contributed by atoms with Crippen molar-refractivity contribution in [2.75, 3.05) is 14.2 Å². The van der Waals surface area contributed by atoms with Gasteiger partial charge in [0, 0.05) is 12.6 Å². The first-order chi connectivity index (χ1) is 9.56. The molecule has 1 aromatic carbocycles. The summed E-state index contributed by atoms with van der Waals surface area (Å²) < 4.78 is 5.18. The van der Waals surface area contributed by atoms with Gasteiger partial charge in [0.05, 0.1) is 13.2 Å². The number of phenols is 1. The lowest BCUT2D eigenvalue weighted by Gasteiger charge is -2.25. The van der Waals surface area contributed by atoms with E-state index in [-0.39, 0.29) is 17.7 Å². The Morgan fingerprint density at radius 1 is 1.35 bits per heavy atom. The fraction of sp³-hybridized carbons (Fsp3) is 0.267. The van der Waals surface area contributed by atoms with Gasteiger partial charge in [-0.3, -0.25) is 4.79 Å². The summed E-state index contributed by atoms with van der Waals surface area (Å²) >= 11 is 1.35. The predicted octanol–water partition coefficient (Wildman–Crippen LogP) is 3.30. The molecule has 0 saturated carbocycles. The largest absolute Gasteiger partial charge is 0.508 e. The molecule has 1 aromatic heterocycles. The van der Waals surface area contributed by atoms with Crippen LogP contribution in [0.5, 0.6) is 11.5 Å². The molecular formula is C15H17NO3S. The molecule has 5 heteroatoms. The van der Waals surface area contributed by atoms with Crippen molar-refractivity contribution in [1.29, 1.82) is 0 Å². The summed E-state index contributed by atoms with van der Waals surface area (Å²) in [6.07, 6.45) is 0. The highest BCUT2D eigenvalue weighted by Gasteiger charge is 2.24. The summed E-state index contributed by atoms with van der Waals surface area (Å²) in [5.74, 6) is 0.654. The van der Waals surface area contributed by atoms with E-state index in [0.29, 0.717) is 10.6 Å². The molecule has 1 amide bonds. The summed E-state index contributed by atoms with van der Waals surface area (Å²) in [4.78, 5) is 14.7. The average Bonchev–Trinajstić information content (AvgIpc) is 2.94. The lowest BCUT2D eigenvalue weighted by atomic mass is 10.1. The van der Waals surface area contributed by atoms with Crippen LogP contribution in [-0.2, 0) is 0 Å². The Bertz CT molecular complexity index is 609. The van der Waals surface area contributed by atoms with E-state index < -0.39 is 0 Å². The Kier molecular flexibility index (Phi) is 4.29. The number of ether oxygens (including phenoxy) is 1. The molecule has 0 spiro atoms. The summed E-state index contributed by atoms with van der Waals surface area (Å²) in [5.41, 5.74) is 0.721. The van der Waals surface area contributed by atoms with Gasteiger partial charge in [-0.05, 0) is 24.4 Å². The van der Waals surface area contributed by atoms with Crippen LogP contribution in [0.25, 0.3) is 0 Å². The van der Waals surface area contributed by atoms with Crippen LogP contribution in [-0.4, -0.2) is 30.1 Å². The van der Waals surface area contributed by atoms with Crippen molar-refractivity contribution in [3.05, 3.63) is 46.2 Å². The Hall–Kier alpha value is -2.01. The van der Waals surface area contributed by atoms with Gasteiger partial charge in [0.25, 0.3) is 5.91 Å². The molecule has 106 valence electrons. The Morgan fingerprint density at radius 2 is 2.05 bits per heavy atom. The minimum atomic E-state index is -0.226. The number of para-hydroxylation sites is 1. The van der Waals surface area contributed by atoms with Gasteiger partial charge in [0.2, 0.25) is 0 Å². The van der Waals surface area contributed by atoms with Crippen molar-refractivity contribution in [1.82, 2.24) is 4.90 Å². The minimum absolute atomic E-state index is 0.118. The number of phenolic OH excluding ortho intramolecular Hbond substituents is 1. The molecule has 0 bridgehead atoms. The van der Waals surface area contributed by atoms with Crippen molar-refractivity contribution >= 4 is 17.2 Å². The molecule has 0 aliphatic carbocycles. The fourth-order valence-corrected chi connectivity index (χ4v) is 2.84. The van der Waals surface area contributed by atoms with E-state index in [0.717, 1.165) is 5.56 Å². The molecule has 1 heterocycles. The van der Waals surface area contributed by atoms with Gasteiger partial charge in [-0.2, -0.15) is 0 Å². The lowest BCUT2D eigenvalue weighted by molar-refractivity contribution is 0.0743. The van der Waals surface area contributed by atoms with Gasteiger partial charge in [-0.25, -0.2) is 0 Å². The van der Waals surface area contributed by atoms with E-state index >= 15 is 0 Å². The quantitative estimate of drug-likeness (QED) is 0.940. The molecule has 2 aromatic rings. The second kappa shape index (κ2) is 5.96. The highest BCUT2D eigenvalue weighted by atomic mass is 32.1. The smallest absolute Gasteiger partial charge is 0.267 e. The molecule has 4 nitrogen and oxygen atoms in total. The third-order valence-electron chi connectivity index (χ3n) is 3.33. The van der Waals surface area contributed by atoms with Gasteiger partial charge >= 0.3 is 0 Å². The number of aromatic hydroxyl groups is 1. The molecule has 1 atom stereocenters. The summed E-state index contributed by atoms with van der Waals surface area (Å²) in [5, 5.41) is 11.7. The van der Waals surface area contributed by atoms with Crippen molar-refractivity contribution < 1.29 is 14.6 Å². The second-order valence-corrected chi connectivity index (χ2v) is 5.39. The predicted molar refractivity (Wildman–Crippen MR) is 79.5 cm³/mol. The fourth-order valence-electron chi connectivity index (χ4n) is 2.00. The maximum Gasteiger partial charge on any atom is 0.267 e. The first-order valence-electron chi connectivity index (χ1n) is 6.22. The van der Waals surface area contributed by atoms with E-state index in [9.17, 15) is 9.90 Å². The molecule has 20 heavy (non-hydrogen) atoms. The lowest BCUT2D eigenvalue weighted by Crippen LogP contribution is -2.29. The molecule has 2 rings (SSSR count). The first-order valence-corrected chi connectivity index (χ1v) is 7.10. The standard InChI is InChI=1S/C15H17NO3S/c1-10(11-6-4-5-7-12(11)17)16(2)15(18)14-13(19-3)8-9-20-14/h4-10,17H,1-3H3. The maximum absolute atomic E-state index is 12.5. The second-order valence-electron chi connectivity index (χ2n) is 4.47. The van der Waals surface area contributed by atoms with Gasteiger partial charge in [-0.15, -0.1) is 11.3 Å². The van der Waals surface area contributed by atoms with Crippen LogP contribution >= 0.6 is 11.3 Å². The van der Waals surface area contributed by atoms with Gasteiger partial charge in [0.15, 0.2) is 0 Å². The van der Waals surface area contributed by atoms with Gasteiger partial charge in [-0.1, -0.05) is 18.2 Å². The topological polar surface area (TPSA) is 49.8 Å². The molecule has 0 radical (unpaired) electrons.